The second-order valence-electron chi connectivity index (χ2n) is 7.72. The van der Waals surface area contributed by atoms with Crippen molar-refractivity contribution in [1.29, 1.82) is 0 Å². The number of benzene rings is 2. The molecule has 1 N–H and O–H groups in total. The van der Waals surface area contributed by atoms with Crippen molar-refractivity contribution in [3.63, 3.8) is 0 Å². The number of rotatable bonds is 5. The van der Waals surface area contributed by atoms with Gasteiger partial charge < -0.3 is 14.8 Å². The van der Waals surface area contributed by atoms with Gasteiger partial charge in [-0.2, -0.15) is 5.10 Å². The van der Waals surface area contributed by atoms with Crippen LogP contribution < -0.4 is 14.8 Å². The summed E-state index contributed by atoms with van der Waals surface area (Å²) in [6.45, 7) is 3.03. The molecule has 0 radical (unpaired) electrons. The summed E-state index contributed by atoms with van der Waals surface area (Å²) in [4.78, 5) is 13.1. The number of nitrogens with zero attached hydrogens (tertiary/aromatic N) is 2. The maximum Gasteiger partial charge on any atom is 0.255 e. The molecule has 30 heavy (non-hydrogen) atoms. The fraction of sp³-hybridized carbons (Fsp3) is 0.304. The third-order valence-electron chi connectivity index (χ3n) is 5.63. The van der Waals surface area contributed by atoms with Crippen LogP contribution in [0, 0.1) is 12.8 Å². The first-order chi connectivity index (χ1) is 14.6. The van der Waals surface area contributed by atoms with Crippen molar-refractivity contribution >= 4 is 21.8 Å². The highest BCUT2D eigenvalue weighted by molar-refractivity contribution is 9.10. The Kier molecular flexibility index (Phi) is 4.98. The van der Waals surface area contributed by atoms with E-state index in [2.05, 4.69) is 26.3 Å². The standard InChI is InChI=1S/C23H22BrN3O3/c1-14-19(13-25-27(14)18-7-5-17(24)6-8-18)23(28)26-22(15-2-3-15)16-4-9-20-21(12-16)30-11-10-29-20/h4-9,12-13,15,22H,2-3,10-11H2,1H3,(H,26,28). The molecule has 154 valence electrons. The first-order valence-corrected chi connectivity index (χ1v) is 10.9. The maximum atomic E-state index is 13.1. The molecule has 1 aliphatic heterocycles. The summed E-state index contributed by atoms with van der Waals surface area (Å²) in [6.07, 6.45) is 3.85. The SMILES string of the molecule is Cc1c(C(=O)NC(c2ccc3c(c2)OCCO3)C2CC2)cnn1-c1ccc(Br)cc1. The smallest absolute Gasteiger partial charge is 0.255 e. The lowest BCUT2D eigenvalue weighted by Gasteiger charge is -2.23. The average Bonchev–Trinajstić information content (AvgIpc) is 3.54. The topological polar surface area (TPSA) is 65.4 Å². The van der Waals surface area contributed by atoms with Gasteiger partial charge in [-0.05, 0) is 67.6 Å². The molecular formula is C23H22BrN3O3. The highest BCUT2D eigenvalue weighted by Gasteiger charge is 2.35. The Balaban J connectivity index is 1.39. The summed E-state index contributed by atoms with van der Waals surface area (Å²) in [5.74, 6) is 1.84. The molecule has 3 aromatic rings. The van der Waals surface area contributed by atoms with Crippen LogP contribution in [-0.2, 0) is 0 Å². The van der Waals surface area contributed by atoms with E-state index >= 15 is 0 Å². The Morgan fingerprint density at radius 2 is 1.87 bits per heavy atom. The normalized spacial score (nSPS) is 16.2. The summed E-state index contributed by atoms with van der Waals surface area (Å²) in [7, 11) is 0. The van der Waals surface area contributed by atoms with E-state index in [-0.39, 0.29) is 11.9 Å². The van der Waals surface area contributed by atoms with Gasteiger partial charge in [0.2, 0.25) is 0 Å². The molecule has 7 heteroatoms. The number of carbonyl (C=O) groups excluding carboxylic acids is 1. The Morgan fingerprint density at radius 1 is 1.13 bits per heavy atom. The predicted molar refractivity (Wildman–Crippen MR) is 116 cm³/mol. The molecule has 1 atom stereocenters. The molecule has 0 saturated heterocycles. The molecule has 0 bridgehead atoms. The van der Waals surface area contributed by atoms with Crippen LogP contribution in [-0.4, -0.2) is 28.9 Å². The second kappa shape index (κ2) is 7.80. The van der Waals surface area contributed by atoms with Gasteiger partial charge >= 0.3 is 0 Å². The summed E-state index contributed by atoms with van der Waals surface area (Å²) in [5.41, 5.74) is 3.36. The van der Waals surface area contributed by atoms with Crippen LogP contribution in [0.4, 0.5) is 0 Å². The van der Waals surface area contributed by atoms with Gasteiger partial charge in [-0.3, -0.25) is 4.79 Å². The zero-order valence-corrected chi connectivity index (χ0v) is 18.2. The Labute approximate surface area is 183 Å². The molecular weight excluding hydrogens is 446 g/mol. The minimum Gasteiger partial charge on any atom is -0.486 e. The number of fused-ring (bicyclic) bond motifs is 1. The van der Waals surface area contributed by atoms with E-state index in [1.165, 1.54) is 0 Å². The maximum absolute atomic E-state index is 13.1. The van der Waals surface area contributed by atoms with E-state index < -0.39 is 0 Å². The van der Waals surface area contributed by atoms with Crippen LogP contribution in [0.1, 0.15) is 40.5 Å². The number of hydrogen-bond donors (Lipinski definition) is 1. The lowest BCUT2D eigenvalue weighted by atomic mass is 10.0. The first-order valence-electron chi connectivity index (χ1n) is 10.1. The van der Waals surface area contributed by atoms with E-state index in [1.807, 2.05) is 49.4 Å². The summed E-state index contributed by atoms with van der Waals surface area (Å²) in [5, 5.41) is 7.68. The highest BCUT2D eigenvalue weighted by atomic mass is 79.9. The molecule has 5 rings (SSSR count). The van der Waals surface area contributed by atoms with Crippen LogP contribution in [0.25, 0.3) is 5.69 Å². The number of aromatic nitrogens is 2. The molecule has 1 unspecified atom stereocenters. The molecule has 6 nitrogen and oxygen atoms in total. The lowest BCUT2D eigenvalue weighted by Crippen LogP contribution is -2.30. The molecule has 1 amide bonds. The highest BCUT2D eigenvalue weighted by Crippen LogP contribution is 2.43. The number of ether oxygens (including phenoxy) is 2. The van der Waals surface area contributed by atoms with Gasteiger partial charge in [-0.15, -0.1) is 0 Å². The molecule has 2 heterocycles. The van der Waals surface area contributed by atoms with Crippen LogP contribution >= 0.6 is 15.9 Å². The van der Waals surface area contributed by atoms with Crippen LogP contribution in [0.2, 0.25) is 0 Å². The quantitative estimate of drug-likeness (QED) is 0.595. The van der Waals surface area contributed by atoms with Crippen LogP contribution in [0.3, 0.4) is 0 Å². The molecule has 2 aromatic carbocycles. The largest absolute Gasteiger partial charge is 0.486 e. The van der Waals surface area contributed by atoms with E-state index in [0.717, 1.165) is 45.8 Å². The zero-order chi connectivity index (χ0) is 20.7. The van der Waals surface area contributed by atoms with E-state index in [0.29, 0.717) is 24.7 Å². The Bertz CT molecular complexity index is 1090. The van der Waals surface area contributed by atoms with Crippen LogP contribution in [0.5, 0.6) is 11.5 Å². The van der Waals surface area contributed by atoms with Gasteiger partial charge in [-0.1, -0.05) is 22.0 Å². The fourth-order valence-electron chi connectivity index (χ4n) is 3.85. The van der Waals surface area contributed by atoms with E-state index in [9.17, 15) is 4.79 Å². The number of hydrogen-bond acceptors (Lipinski definition) is 4. The van der Waals surface area contributed by atoms with Gasteiger partial charge in [0, 0.05) is 4.47 Å². The van der Waals surface area contributed by atoms with Gasteiger partial charge in [0.05, 0.1) is 29.2 Å². The second-order valence-corrected chi connectivity index (χ2v) is 8.64. The Morgan fingerprint density at radius 3 is 2.60 bits per heavy atom. The number of amides is 1. The Hall–Kier alpha value is -2.80. The first kappa shape index (κ1) is 19.2. The summed E-state index contributed by atoms with van der Waals surface area (Å²) in [6, 6.07) is 13.8. The van der Waals surface area contributed by atoms with Gasteiger partial charge in [0.15, 0.2) is 11.5 Å². The molecule has 2 aliphatic rings. The van der Waals surface area contributed by atoms with Crippen molar-refractivity contribution < 1.29 is 14.3 Å². The predicted octanol–water partition coefficient (Wildman–Crippen LogP) is 4.60. The van der Waals surface area contributed by atoms with Gasteiger partial charge in [-0.25, -0.2) is 4.68 Å². The number of carbonyl (C=O) groups is 1. The molecule has 1 aliphatic carbocycles. The third-order valence-corrected chi connectivity index (χ3v) is 6.16. The number of halogens is 1. The van der Waals surface area contributed by atoms with Gasteiger partial charge in [0.1, 0.15) is 13.2 Å². The summed E-state index contributed by atoms with van der Waals surface area (Å²) < 4.78 is 14.1. The minimum absolute atomic E-state index is 0.0521. The van der Waals surface area contributed by atoms with Crippen molar-refractivity contribution in [2.24, 2.45) is 5.92 Å². The molecule has 0 spiro atoms. The minimum atomic E-state index is -0.109. The van der Waals surface area contributed by atoms with Crippen molar-refractivity contribution in [2.45, 2.75) is 25.8 Å². The van der Waals surface area contributed by atoms with E-state index in [1.54, 1.807) is 10.9 Å². The van der Waals surface area contributed by atoms with Crippen molar-refractivity contribution in [1.82, 2.24) is 15.1 Å². The van der Waals surface area contributed by atoms with Crippen LogP contribution in [0.15, 0.2) is 53.1 Å². The van der Waals surface area contributed by atoms with E-state index in [4.69, 9.17) is 9.47 Å². The number of nitrogens with one attached hydrogen (secondary N) is 1. The summed E-state index contributed by atoms with van der Waals surface area (Å²) >= 11 is 3.45. The third kappa shape index (κ3) is 3.69. The fourth-order valence-corrected chi connectivity index (χ4v) is 4.11. The van der Waals surface area contributed by atoms with Gasteiger partial charge in [0.25, 0.3) is 5.91 Å². The molecule has 1 saturated carbocycles. The van der Waals surface area contributed by atoms with Crippen molar-refractivity contribution in [3.05, 3.63) is 70.0 Å². The van der Waals surface area contributed by atoms with Crippen molar-refractivity contribution in [3.8, 4) is 17.2 Å². The average molecular weight is 468 g/mol. The van der Waals surface area contributed by atoms with Crippen molar-refractivity contribution in [2.75, 3.05) is 13.2 Å². The zero-order valence-electron chi connectivity index (χ0n) is 16.6. The molecule has 1 fully saturated rings. The lowest BCUT2D eigenvalue weighted by molar-refractivity contribution is 0.0930. The monoisotopic (exact) mass is 467 g/mol. The molecule has 1 aromatic heterocycles.